The van der Waals surface area contributed by atoms with Crippen LogP contribution in [0.4, 0.5) is 0 Å². The second-order valence-corrected chi connectivity index (χ2v) is 9.66. The predicted molar refractivity (Wildman–Crippen MR) is 82.3 cm³/mol. The van der Waals surface area contributed by atoms with Gasteiger partial charge in [0.1, 0.15) is 0 Å². The van der Waals surface area contributed by atoms with Crippen LogP contribution in [0, 0.1) is 0 Å². The first-order valence-corrected chi connectivity index (χ1v) is 11.7. The van der Waals surface area contributed by atoms with Crippen molar-refractivity contribution in [3.05, 3.63) is 0 Å². The van der Waals surface area contributed by atoms with Crippen LogP contribution >= 0.6 is 0 Å². The Kier molecular flexibility index (Phi) is 15.0. The maximum atomic E-state index is 6.21. The summed E-state index contributed by atoms with van der Waals surface area (Å²) in [5, 5.41) is 0. The van der Waals surface area contributed by atoms with Crippen molar-refractivity contribution in [2.24, 2.45) is 0 Å². The van der Waals surface area contributed by atoms with E-state index in [2.05, 4.69) is 27.7 Å². The van der Waals surface area contributed by atoms with E-state index in [1.165, 1.54) is 6.42 Å². The maximum absolute atomic E-state index is 6.21. The Hall–Kier alpha value is 0.594. The predicted octanol–water partition coefficient (Wildman–Crippen LogP) is 5.55. The van der Waals surface area contributed by atoms with E-state index in [-0.39, 0.29) is 0 Å². The summed E-state index contributed by atoms with van der Waals surface area (Å²) < 4.78 is 19.6. The van der Waals surface area contributed by atoms with Gasteiger partial charge in [-0.1, -0.05) is 0 Å². The van der Waals surface area contributed by atoms with Gasteiger partial charge in [0.2, 0.25) is 0 Å². The van der Waals surface area contributed by atoms with E-state index in [9.17, 15) is 0 Å². The summed E-state index contributed by atoms with van der Waals surface area (Å²) in [5.74, 6) is 0. The van der Waals surface area contributed by atoms with Gasteiger partial charge in [-0.2, -0.15) is 0 Å². The average Bonchev–Trinajstić information content (AvgIpc) is 2.46. The molecule has 0 saturated carbocycles. The first-order chi connectivity index (χ1) is 9.74. The summed E-state index contributed by atoms with van der Waals surface area (Å²) in [5.41, 5.74) is 0. The van der Waals surface area contributed by atoms with E-state index in [0.717, 1.165) is 69.5 Å². The van der Waals surface area contributed by atoms with Crippen molar-refractivity contribution in [2.75, 3.05) is 19.8 Å². The Balaban J connectivity index is 4.48. The standard InChI is InChI=1S/3C4H9O.C4H9.Ti/c3*1-2-3-4-5;1-3-4-2;/h3*2-4H2,1H3;1,3-4H2,2H3;/q3*-1;;+3. The topological polar surface area (TPSA) is 27.7 Å². The number of hydrogen-bond donors (Lipinski definition) is 0. The average molecular weight is 324 g/mol. The van der Waals surface area contributed by atoms with Gasteiger partial charge < -0.3 is 0 Å². The van der Waals surface area contributed by atoms with E-state index in [1.54, 1.807) is 0 Å². The van der Waals surface area contributed by atoms with Crippen molar-refractivity contribution in [1.29, 1.82) is 0 Å². The third-order valence-corrected chi connectivity index (χ3v) is 7.82. The van der Waals surface area contributed by atoms with Crippen LogP contribution in [0.1, 0.15) is 79.1 Å². The van der Waals surface area contributed by atoms with Crippen molar-refractivity contribution in [3.8, 4) is 0 Å². The monoisotopic (exact) mass is 324 g/mol. The molecule has 0 N–H and O–H groups in total. The van der Waals surface area contributed by atoms with Crippen LogP contribution in [0.3, 0.4) is 0 Å². The molecule has 0 fully saturated rings. The van der Waals surface area contributed by atoms with Crippen molar-refractivity contribution in [3.63, 3.8) is 0 Å². The molecule has 4 heteroatoms. The summed E-state index contributed by atoms with van der Waals surface area (Å²) >= 11 is -3.00. The van der Waals surface area contributed by atoms with E-state index in [4.69, 9.17) is 9.96 Å². The molecule has 0 atom stereocenters. The van der Waals surface area contributed by atoms with Gasteiger partial charge in [0.15, 0.2) is 0 Å². The fourth-order valence-electron chi connectivity index (χ4n) is 1.85. The number of hydrogen-bond acceptors (Lipinski definition) is 3. The summed E-state index contributed by atoms with van der Waals surface area (Å²) in [7, 11) is 0. The van der Waals surface area contributed by atoms with Crippen LogP contribution in [0.25, 0.3) is 0 Å². The van der Waals surface area contributed by atoms with Crippen molar-refractivity contribution in [1.82, 2.24) is 0 Å². The molecule has 0 aromatic heterocycles. The van der Waals surface area contributed by atoms with Crippen LogP contribution in [0.5, 0.6) is 0 Å². The number of unbranched alkanes of at least 4 members (excludes halogenated alkanes) is 4. The molecular formula is C16H36O3Ti. The first-order valence-electron chi connectivity index (χ1n) is 8.66. The van der Waals surface area contributed by atoms with Gasteiger partial charge in [0, 0.05) is 0 Å². The Morgan fingerprint density at radius 2 is 0.900 bits per heavy atom. The summed E-state index contributed by atoms with van der Waals surface area (Å²) in [6.45, 7) is 11.2. The molecule has 0 bridgehead atoms. The summed E-state index contributed by atoms with van der Waals surface area (Å²) in [6.07, 6.45) is 9.14. The number of rotatable bonds is 15. The van der Waals surface area contributed by atoms with Crippen LogP contribution in [-0.4, -0.2) is 19.8 Å². The molecule has 20 heavy (non-hydrogen) atoms. The first kappa shape index (κ1) is 20.6. The molecule has 0 aromatic rings. The SMILES string of the molecule is CCCC[O][Ti]([CH2]CCC)([O]CCCC)[O]CCCC. The molecule has 0 rings (SSSR count). The second-order valence-electron chi connectivity index (χ2n) is 5.39. The van der Waals surface area contributed by atoms with Gasteiger partial charge in [-0.05, 0) is 0 Å². The molecular weight excluding hydrogens is 288 g/mol. The van der Waals surface area contributed by atoms with Gasteiger partial charge in [-0.3, -0.25) is 0 Å². The fourth-order valence-corrected chi connectivity index (χ4v) is 6.28. The Morgan fingerprint density at radius 1 is 0.550 bits per heavy atom. The second kappa shape index (κ2) is 14.5. The zero-order chi connectivity index (χ0) is 15.1. The van der Waals surface area contributed by atoms with Crippen LogP contribution in [0.15, 0.2) is 0 Å². The molecule has 0 spiro atoms. The molecule has 0 radical (unpaired) electrons. The summed E-state index contributed by atoms with van der Waals surface area (Å²) in [4.78, 5) is 0. The third-order valence-electron chi connectivity index (χ3n) is 3.30. The van der Waals surface area contributed by atoms with Crippen molar-refractivity contribution < 1.29 is 27.7 Å². The van der Waals surface area contributed by atoms with Crippen LogP contribution < -0.4 is 0 Å². The van der Waals surface area contributed by atoms with E-state index in [1.807, 2.05) is 0 Å². The van der Waals surface area contributed by atoms with Crippen molar-refractivity contribution >= 4 is 0 Å². The fraction of sp³-hybridized carbons (Fsp3) is 1.00. The zero-order valence-electron chi connectivity index (χ0n) is 14.2. The summed E-state index contributed by atoms with van der Waals surface area (Å²) in [6, 6.07) is 0. The Bertz CT molecular complexity index is 174. The Morgan fingerprint density at radius 3 is 1.20 bits per heavy atom. The molecule has 122 valence electrons. The van der Waals surface area contributed by atoms with Crippen molar-refractivity contribution in [2.45, 2.75) is 83.8 Å². The van der Waals surface area contributed by atoms with E-state index >= 15 is 0 Å². The Labute approximate surface area is 131 Å². The molecule has 0 amide bonds. The molecule has 0 aliphatic heterocycles. The van der Waals surface area contributed by atoms with Crippen LogP contribution in [0.2, 0.25) is 4.73 Å². The normalized spacial score (nSPS) is 12.0. The van der Waals surface area contributed by atoms with E-state index in [0.29, 0.717) is 0 Å². The van der Waals surface area contributed by atoms with Gasteiger partial charge in [-0.25, -0.2) is 0 Å². The minimum absolute atomic E-state index is 0.804. The molecule has 0 aromatic carbocycles. The van der Waals surface area contributed by atoms with Gasteiger partial charge in [-0.15, -0.1) is 0 Å². The van der Waals surface area contributed by atoms with Crippen LogP contribution in [-0.2, 0) is 27.7 Å². The van der Waals surface area contributed by atoms with Gasteiger partial charge in [0.05, 0.1) is 0 Å². The molecule has 0 unspecified atom stereocenters. The minimum atomic E-state index is -3.00. The van der Waals surface area contributed by atoms with Gasteiger partial charge in [0.25, 0.3) is 0 Å². The third kappa shape index (κ3) is 10.3. The molecule has 0 aliphatic rings. The van der Waals surface area contributed by atoms with E-state index < -0.39 is 17.8 Å². The quantitative estimate of drug-likeness (QED) is 0.292. The molecule has 3 nitrogen and oxygen atoms in total. The molecule has 0 aliphatic carbocycles. The molecule has 0 saturated heterocycles. The zero-order valence-corrected chi connectivity index (χ0v) is 15.8. The van der Waals surface area contributed by atoms with Gasteiger partial charge >= 0.3 is 131 Å². The molecule has 0 heterocycles.